The Bertz CT molecular complexity index is 391. The minimum atomic E-state index is -4.54. The molecule has 1 N–H and O–H groups in total. The smallest absolute Gasteiger partial charge is 0.435 e. The second kappa shape index (κ2) is 5.54. The van der Waals surface area contributed by atoms with E-state index in [0.29, 0.717) is 6.42 Å². The molecule has 0 aromatic carbocycles. The summed E-state index contributed by atoms with van der Waals surface area (Å²) in [4.78, 5) is 5.47. The van der Waals surface area contributed by atoms with Crippen LogP contribution in [0, 0.1) is 0 Å². The molecule has 8 heteroatoms. The van der Waals surface area contributed by atoms with Crippen molar-refractivity contribution in [3.63, 3.8) is 0 Å². The lowest BCUT2D eigenvalue weighted by Gasteiger charge is -2.09. The highest BCUT2D eigenvalue weighted by atomic mass is 32.2. The van der Waals surface area contributed by atoms with Crippen molar-refractivity contribution in [1.29, 1.82) is 0 Å². The normalized spacial score (nSPS) is 16.4. The van der Waals surface area contributed by atoms with Crippen LogP contribution in [0.25, 0.3) is 0 Å². The fraction of sp³-hybridized carbons (Fsp3) is 0.556. The van der Waals surface area contributed by atoms with Crippen LogP contribution in [0.15, 0.2) is 10.7 Å². The predicted molar refractivity (Wildman–Crippen MR) is 59.1 cm³/mol. The topological polar surface area (TPSA) is 64.1 Å². The van der Waals surface area contributed by atoms with Crippen molar-refractivity contribution < 1.29 is 17.7 Å². The Balaban J connectivity index is 2.82. The first-order valence-electron chi connectivity index (χ1n) is 4.91. The standard InChI is InChI=1S/C9H12F3N3OS/c1-3-6(2)17(16)15-4-7-8(9(10,11)12)14-5-13-7/h4-6H,3H2,1-2H3,(H,13,14)/b15-4+. The number of imidazole rings is 1. The van der Waals surface area contributed by atoms with Crippen molar-refractivity contribution in [2.24, 2.45) is 4.40 Å². The average molecular weight is 267 g/mol. The highest BCUT2D eigenvalue weighted by Gasteiger charge is 2.36. The van der Waals surface area contributed by atoms with Gasteiger partial charge in [-0.3, -0.25) is 0 Å². The number of nitrogens with zero attached hydrogens (tertiary/aromatic N) is 2. The van der Waals surface area contributed by atoms with Crippen LogP contribution < -0.4 is 0 Å². The van der Waals surface area contributed by atoms with E-state index in [4.69, 9.17) is 0 Å². The molecule has 0 aliphatic rings. The van der Waals surface area contributed by atoms with Gasteiger partial charge in [-0.2, -0.15) is 13.2 Å². The SMILES string of the molecule is CCC(C)[S+]([O-])/N=C/c1[nH]cnc1C(F)(F)F. The Morgan fingerprint density at radius 3 is 2.82 bits per heavy atom. The molecule has 0 fully saturated rings. The molecule has 0 radical (unpaired) electrons. The van der Waals surface area contributed by atoms with Gasteiger partial charge in [0.1, 0.15) is 11.5 Å². The first kappa shape index (κ1) is 14.0. The Kier molecular flexibility index (Phi) is 4.58. The van der Waals surface area contributed by atoms with Crippen LogP contribution in [0.5, 0.6) is 0 Å². The zero-order valence-corrected chi connectivity index (χ0v) is 10.1. The quantitative estimate of drug-likeness (QED) is 0.672. The van der Waals surface area contributed by atoms with E-state index >= 15 is 0 Å². The molecule has 0 amide bonds. The molecular weight excluding hydrogens is 255 g/mol. The van der Waals surface area contributed by atoms with Gasteiger partial charge < -0.3 is 9.54 Å². The van der Waals surface area contributed by atoms with E-state index in [1.807, 2.05) is 6.92 Å². The zero-order chi connectivity index (χ0) is 13.1. The fourth-order valence-electron chi connectivity index (χ4n) is 0.980. The Morgan fingerprint density at radius 1 is 1.65 bits per heavy atom. The summed E-state index contributed by atoms with van der Waals surface area (Å²) in [5.74, 6) is 0. The summed E-state index contributed by atoms with van der Waals surface area (Å²) in [6, 6.07) is 0. The van der Waals surface area contributed by atoms with E-state index in [1.54, 1.807) is 6.92 Å². The molecule has 17 heavy (non-hydrogen) atoms. The Labute approximate surface area is 99.7 Å². The molecule has 0 bridgehead atoms. The lowest BCUT2D eigenvalue weighted by atomic mass is 10.3. The van der Waals surface area contributed by atoms with E-state index in [9.17, 15) is 17.7 Å². The number of H-pyrrole nitrogens is 1. The highest BCUT2D eigenvalue weighted by molar-refractivity contribution is 7.90. The Hall–Kier alpha value is -1.02. The van der Waals surface area contributed by atoms with Gasteiger partial charge in [0.2, 0.25) is 0 Å². The van der Waals surface area contributed by atoms with E-state index in [2.05, 4.69) is 14.4 Å². The van der Waals surface area contributed by atoms with E-state index in [-0.39, 0.29) is 10.9 Å². The van der Waals surface area contributed by atoms with E-state index < -0.39 is 23.2 Å². The molecule has 96 valence electrons. The summed E-state index contributed by atoms with van der Waals surface area (Å²) in [6.07, 6.45) is -2.06. The molecule has 1 heterocycles. The minimum absolute atomic E-state index is 0.191. The maximum Gasteiger partial charge on any atom is 0.435 e. The Morgan fingerprint density at radius 2 is 2.29 bits per heavy atom. The number of hydrogen-bond acceptors (Lipinski definition) is 3. The number of aromatic nitrogens is 2. The molecule has 1 aromatic heterocycles. The summed E-state index contributed by atoms with van der Waals surface area (Å²) in [6.45, 7) is 3.54. The monoisotopic (exact) mass is 267 g/mol. The second-order valence-corrected chi connectivity index (χ2v) is 4.96. The van der Waals surface area contributed by atoms with Crippen LogP contribution in [0.4, 0.5) is 13.2 Å². The molecule has 0 saturated heterocycles. The van der Waals surface area contributed by atoms with Crippen LogP contribution in [-0.4, -0.2) is 26.0 Å². The van der Waals surface area contributed by atoms with Crippen molar-refractivity contribution in [2.75, 3.05) is 0 Å². The minimum Gasteiger partial charge on any atom is -0.591 e. The van der Waals surface area contributed by atoms with Crippen LogP contribution in [-0.2, 0) is 17.5 Å². The summed E-state index contributed by atoms with van der Waals surface area (Å²) in [5.41, 5.74) is -1.34. The first-order chi connectivity index (χ1) is 7.86. The van der Waals surface area contributed by atoms with Gasteiger partial charge in [0.05, 0.1) is 23.4 Å². The lowest BCUT2D eigenvalue weighted by molar-refractivity contribution is -0.140. The lowest BCUT2D eigenvalue weighted by Crippen LogP contribution is -2.15. The molecule has 1 rings (SSSR count). The molecule has 2 atom stereocenters. The molecule has 0 spiro atoms. The van der Waals surface area contributed by atoms with Crippen LogP contribution >= 0.6 is 0 Å². The van der Waals surface area contributed by atoms with Crippen molar-refractivity contribution >= 4 is 17.6 Å². The third kappa shape index (κ3) is 3.74. The van der Waals surface area contributed by atoms with Crippen LogP contribution in [0.1, 0.15) is 31.7 Å². The van der Waals surface area contributed by atoms with Crippen molar-refractivity contribution in [2.45, 2.75) is 31.7 Å². The summed E-state index contributed by atoms with van der Waals surface area (Å²) in [7, 11) is 0. The number of hydrogen-bond donors (Lipinski definition) is 1. The third-order valence-corrected chi connectivity index (χ3v) is 3.48. The zero-order valence-electron chi connectivity index (χ0n) is 9.28. The molecule has 2 unspecified atom stereocenters. The average Bonchev–Trinajstić information content (AvgIpc) is 2.72. The summed E-state index contributed by atoms with van der Waals surface area (Å²) >= 11 is -1.53. The van der Waals surface area contributed by atoms with Gasteiger partial charge in [0.25, 0.3) is 0 Å². The van der Waals surface area contributed by atoms with E-state index in [1.165, 1.54) is 0 Å². The van der Waals surface area contributed by atoms with Gasteiger partial charge in [-0.25, -0.2) is 4.98 Å². The van der Waals surface area contributed by atoms with Crippen LogP contribution in [0.2, 0.25) is 0 Å². The number of halogens is 3. The number of aromatic amines is 1. The predicted octanol–water partition coefficient (Wildman–Crippen LogP) is 2.31. The molecule has 1 aromatic rings. The molecule has 0 aliphatic carbocycles. The number of nitrogens with one attached hydrogen (secondary N) is 1. The maximum absolute atomic E-state index is 12.4. The van der Waals surface area contributed by atoms with Gasteiger partial charge in [0, 0.05) is 0 Å². The first-order valence-corrected chi connectivity index (χ1v) is 6.08. The maximum atomic E-state index is 12.4. The van der Waals surface area contributed by atoms with Gasteiger partial charge >= 0.3 is 6.18 Å². The summed E-state index contributed by atoms with van der Waals surface area (Å²) in [5, 5.41) is -0.191. The van der Waals surface area contributed by atoms with Gasteiger partial charge in [-0.1, -0.05) is 11.3 Å². The van der Waals surface area contributed by atoms with Crippen molar-refractivity contribution in [3.8, 4) is 0 Å². The van der Waals surface area contributed by atoms with Crippen LogP contribution in [0.3, 0.4) is 0 Å². The largest absolute Gasteiger partial charge is 0.591 e. The molecule has 0 saturated carbocycles. The third-order valence-electron chi connectivity index (χ3n) is 2.14. The highest BCUT2D eigenvalue weighted by Crippen LogP contribution is 2.28. The van der Waals surface area contributed by atoms with Gasteiger partial charge in [-0.05, 0) is 13.3 Å². The number of alkyl halides is 3. The second-order valence-electron chi connectivity index (χ2n) is 3.39. The van der Waals surface area contributed by atoms with Gasteiger partial charge in [-0.15, -0.1) is 0 Å². The molecule has 0 aliphatic heterocycles. The molecule has 4 nitrogen and oxygen atoms in total. The summed E-state index contributed by atoms with van der Waals surface area (Å²) < 4.78 is 52.2. The van der Waals surface area contributed by atoms with Gasteiger partial charge in [0.15, 0.2) is 5.69 Å². The van der Waals surface area contributed by atoms with Crippen molar-refractivity contribution in [1.82, 2.24) is 9.97 Å². The fourth-order valence-corrected chi connectivity index (χ4v) is 1.68. The molecular formula is C9H12F3N3OS. The van der Waals surface area contributed by atoms with Crippen molar-refractivity contribution in [3.05, 3.63) is 17.7 Å². The van der Waals surface area contributed by atoms with E-state index in [0.717, 1.165) is 12.5 Å². The number of rotatable bonds is 4.